The van der Waals surface area contributed by atoms with Crippen LogP contribution in [-0.2, 0) is 4.79 Å². The van der Waals surface area contributed by atoms with Crippen LogP contribution < -0.4 is 0 Å². The minimum atomic E-state index is 0.0362. The van der Waals surface area contributed by atoms with Gasteiger partial charge in [-0.05, 0) is 32.6 Å². The molecule has 1 aliphatic carbocycles. The van der Waals surface area contributed by atoms with Gasteiger partial charge in [-0.15, -0.1) is 0 Å². The number of nitrogens with zero attached hydrogens (tertiary/aromatic N) is 1. The summed E-state index contributed by atoms with van der Waals surface area (Å²) in [6.45, 7) is 3.13. The van der Waals surface area contributed by atoms with Crippen LogP contribution in [0, 0.1) is 0 Å². The van der Waals surface area contributed by atoms with Crippen LogP contribution in [0.4, 0.5) is 0 Å². The summed E-state index contributed by atoms with van der Waals surface area (Å²) in [5.41, 5.74) is 1.50. The van der Waals surface area contributed by atoms with Crippen LogP contribution in [0.5, 0.6) is 0 Å². The molecule has 1 aliphatic heterocycles. The molecule has 0 radical (unpaired) electrons. The predicted molar refractivity (Wildman–Crippen MR) is 67.8 cm³/mol. The lowest BCUT2D eigenvalue weighted by Crippen LogP contribution is -2.50. The first kappa shape index (κ1) is 12.8. The number of rotatable bonds is 3. The highest BCUT2D eigenvalue weighted by atomic mass is 16.3. The molecule has 17 heavy (non-hydrogen) atoms. The summed E-state index contributed by atoms with van der Waals surface area (Å²) < 4.78 is 0. The van der Waals surface area contributed by atoms with E-state index in [-0.39, 0.29) is 12.6 Å². The number of piperidine rings is 1. The van der Waals surface area contributed by atoms with Gasteiger partial charge in [-0.2, -0.15) is 0 Å². The number of hydrogen-bond donors (Lipinski definition) is 1. The van der Waals surface area contributed by atoms with Gasteiger partial charge in [0.25, 0.3) is 0 Å². The van der Waals surface area contributed by atoms with Gasteiger partial charge >= 0.3 is 0 Å². The Labute approximate surface area is 103 Å². The second kappa shape index (κ2) is 5.78. The molecule has 0 bridgehead atoms. The zero-order chi connectivity index (χ0) is 12.3. The maximum atomic E-state index is 11.4. The molecular weight excluding hydrogens is 214 g/mol. The molecule has 0 spiro atoms. The summed E-state index contributed by atoms with van der Waals surface area (Å²) in [6, 6.07) is 0.426. The standard InChI is InChI=1S/C14H23NO2/c1-11(12-5-3-2-4-6-12)15-8-7-14(17)9-13(15)10-16/h5,11,13,16H,2-4,6-10H2,1H3/t11-,13-/m0/s1. The molecule has 96 valence electrons. The van der Waals surface area contributed by atoms with Gasteiger partial charge in [-0.1, -0.05) is 11.6 Å². The Hall–Kier alpha value is -0.670. The van der Waals surface area contributed by atoms with E-state index < -0.39 is 0 Å². The molecule has 2 aliphatic rings. The van der Waals surface area contributed by atoms with E-state index in [1.807, 2.05) is 0 Å². The monoisotopic (exact) mass is 237 g/mol. The van der Waals surface area contributed by atoms with Crippen molar-refractivity contribution in [3.63, 3.8) is 0 Å². The van der Waals surface area contributed by atoms with Crippen LogP contribution in [0.15, 0.2) is 11.6 Å². The maximum Gasteiger partial charge on any atom is 0.135 e. The Morgan fingerprint density at radius 2 is 2.29 bits per heavy atom. The molecule has 3 heteroatoms. The summed E-state index contributed by atoms with van der Waals surface area (Å²) in [5, 5.41) is 9.41. The fraction of sp³-hybridized carbons (Fsp3) is 0.786. The largest absolute Gasteiger partial charge is 0.395 e. The van der Waals surface area contributed by atoms with E-state index in [1.165, 1.54) is 31.3 Å². The topological polar surface area (TPSA) is 40.5 Å². The van der Waals surface area contributed by atoms with Crippen LogP contribution >= 0.6 is 0 Å². The third kappa shape index (κ3) is 2.96. The molecule has 1 fully saturated rings. The molecule has 0 unspecified atom stereocenters. The summed E-state index contributed by atoms with van der Waals surface area (Å²) in [6.07, 6.45) is 8.49. The van der Waals surface area contributed by atoms with Gasteiger partial charge in [0.2, 0.25) is 0 Å². The van der Waals surface area contributed by atoms with E-state index in [4.69, 9.17) is 0 Å². The molecule has 0 amide bonds. The van der Waals surface area contributed by atoms with Gasteiger partial charge in [0.15, 0.2) is 0 Å². The lowest BCUT2D eigenvalue weighted by Gasteiger charge is -2.40. The van der Waals surface area contributed by atoms with Gasteiger partial charge in [0, 0.05) is 31.5 Å². The van der Waals surface area contributed by atoms with Crippen LogP contribution in [-0.4, -0.2) is 41.0 Å². The highest BCUT2D eigenvalue weighted by Gasteiger charge is 2.31. The number of allylic oxidation sites excluding steroid dienone is 1. The lowest BCUT2D eigenvalue weighted by molar-refractivity contribution is -0.124. The number of hydrogen-bond acceptors (Lipinski definition) is 3. The zero-order valence-corrected chi connectivity index (χ0v) is 10.7. The highest BCUT2D eigenvalue weighted by molar-refractivity contribution is 5.80. The van der Waals surface area contributed by atoms with E-state index in [0.717, 1.165) is 6.54 Å². The molecule has 3 nitrogen and oxygen atoms in total. The van der Waals surface area contributed by atoms with Crippen molar-refractivity contribution in [3.8, 4) is 0 Å². The second-order valence-corrected chi connectivity index (χ2v) is 5.27. The van der Waals surface area contributed by atoms with Gasteiger partial charge in [0.05, 0.1) is 6.61 Å². The minimum Gasteiger partial charge on any atom is -0.395 e. The van der Waals surface area contributed by atoms with Crippen molar-refractivity contribution in [1.82, 2.24) is 4.90 Å². The first-order valence-corrected chi connectivity index (χ1v) is 6.79. The molecule has 0 aromatic rings. The first-order valence-electron chi connectivity index (χ1n) is 6.79. The third-order valence-electron chi connectivity index (χ3n) is 4.15. The summed E-state index contributed by atoms with van der Waals surface area (Å²) in [7, 11) is 0. The summed E-state index contributed by atoms with van der Waals surface area (Å²) in [5.74, 6) is 0.296. The average Bonchev–Trinajstić information content (AvgIpc) is 2.39. The fourth-order valence-corrected chi connectivity index (χ4v) is 3.05. The fourth-order valence-electron chi connectivity index (χ4n) is 3.05. The number of carbonyl (C=O) groups excluding carboxylic acids is 1. The van der Waals surface area contributed by atoms with Gasteiger partial charge in [0.1, 0.15) is 5.78 Å². The van der Waals surface area contributed by atoms with Crippen molar-refractivity contribution < 1.29 is 9.90 Å². The summed E-state index contributed by atoms with van der Waals surface area (Å²) >= 11 is 0. The Balaban J connectivity index is 2.04. The zero-order valence-electron chi connectivity index (χ0n) is 10.7. The summed E-state index contributed by atoms with van der Waals surface area (Å²) in [4.78, 5) is 13.7. The Morgan fingerprint density at radius 3 is 2.94 bits per heavy atom. The van der Waals surface area contributed by atoms with E-state index in [0.29, 0.717) is 24.7 Å². The molecule has 0 saturated carbocycles. The van der Waals surface area contributed by atoms with Crippen LogP contribution in [0.1, 0.15) is 45.4 Å². The molecule has 1 heterocycles. The smallest absolute Gasteiger partial charge is 0.135 e. The van der Waals surface area contributed by atoms with Crippen molar-refractivity contribution in [3.05, 3.63) is 11.6 Å². The highest BCUT2D eigenvalue weighted by Crippen LogP contribution is 2.27. The van der Waals surface area contributed by atoms with Crippen LogP contribution in [0.25, 0.3) is 0 Å². The normalized spacial score (nSPS) is 28.9. The Bertz CT molecular complexity index is 311. The van der Waals surface area contributed by atoms with Crippen molar-refractivity contribution in [1.29, 1.82) is 0 Å². The van der Waals surface area contributed by atoms with Crippen molar-refractivity contribution >= 4 is 5.78 Å². The third-order valence-corrected chi connectivity index (χ3v) is 4.15. The first-order chi connectivity index (χ1) is 8.22. The van der Waals surface area contributed by atoms with E-state index in [2.05, 4.69) is 17.9 Å². The molecular formula is C14H23NO2. The molecule has 1 saturated heterocycles. The van der Waals surface area contributed by atoms with Crippen molar-refractivity contribution in [2.24, 2.45) is 0 Å². The van der Waals surface area contributed by atoms with Crippen molar-refractivity contribution in [2.75, 3.05) is 13.2 Å². The van der Waals surface area contributed by atoms with E-state index >= 15 is 0 Å². The van der Waals surface area contributed by atoms with Gasteiger partial charge in [-0.25, -0.2) is 0 Å². The Kier molecular flexibility index (Phi) is 4.35. The molecule has 1 N–H and O–H groups in total. The maximum absolute atomic E-state index is 11.4. The second-order valence-electron chi connectivity index (χ2n) is 5.27. The number of ketones is 1. The van der Waals surface area contributed by atoms with Gasteiger partial charge < -0.3 is 5.11 Å². The molecule has 2 atom stereocenters. The number of likely N-dealkylation sites (tertiary alicyclic amines) is 1. The lowest BCUT2D eigenvalue weighted by atomic mass is 9.91. The predicted octanol–water partition coefficient (Wildman–Crippen LogP) is 1.90. The molecule has 2 rings (SSSR count). The van der Waals surface area contributed by atoms with Gasteiger partial charge in [-0.3, -0.25) is 9.69 Å². The Morgan fingerprint density at radius 1 is 1.47 bits per heavy atom. The van der Waals surface area contributed by atoms with Crippen LogP contribution in [0.3, 0.4) is 0 Å². The number of Topliss-reactive ketones (excluding diaryl/α,β-unsaturated/α-hetero) is 1. The number of aliphatic hydroxyl groups is 1. The minimum absolute atomic E-state index is 0.0362. The van der Waals surface area contributed by atoms with Crippen molar-refractivity contribution in [2.45, 2.75) is 57.5 Å². The molecule has 0 aromatic heterocycles. The quantitative estimate of drug-likeness (QED) is 0.762. The van der Waals surface area contributed by atoms with E-state index in [1.54, 1.807) is 0 Å². The number of aliphatic hydroxyl groups excluding tert-OH is 1. The van der Waals surface area contributed by atoms with E-state index in [9.17, 15) is 9.90 Å². The number of carbonyl (C=O) groups is 1. The van der Waals surface area contributed by atoms with Crippen LogP contribution in [0.2, 0.25) is 0 Å². The molecule has 0 aromatic carbocycles. The SMILES string of the molecule is C[C@@H](C1=CCCCC1)N1CCC(=O)C[C@H]1CO. The average molecular weight is 237 g/mol.